The number of hydrogen-bond donors (Lipinski definition) is 3. The molecule has 10 nitrogen and oxygen atoms in total. The molecule has 182 valence electrons. The van der Waals surface area contributed by atoms with Crippen LogP contribution in [-0.2, 0) is 27.8 Å². The van der Waals surface area contributed by atoms with Crippen LogP contribution in [0.2, 0.25) is 0 Å². The quantitative estimate of drug-likeness (QED) is 0.257. The topological polar surface area (TPSA) is 156 Å². The number of aliphatic hydroxyl groups is 1. The molecule has 0 amide bonds. The summed E-state index contributed by atoms with van der Waals surface area (Å²) in [5.74, 6) is -1.60. The molecule has 3 N–H and O–H groups in total. The number of nitrogens with zero attached hydrogens (tertiary/aromatic N) is 2. The van der Waals surface area contributed by atoms with Crippen LogP contribution in [0, 0.1) is 0 Å². The SMILES string of the molecule is C=CCc1cn(CCO)cn1.COC(=O)c1cccc(C(=O)O)c1.O=S(=O)(O)c1ccccc1. The number of methoxy groups -OCH3 is 1. The normalized spacial score (nSPS) is 10.1. The van der Waals surface area contributed by atoms with Crippen molar-refractivity contribution in [1.29, 1.82) is 0 Å². The van der Waals surface area contributed by atoms with Gasteiger partial charge in [0.05, 0.1) is 41.8 Å². The Bertz CT molecular complexity index is 1170. The van der Waals surface area contributed by atoms with E-state index >= 15 is 0 Å². The fraction of sp³-hybridized carbons (Fsp3) is 0.174. The second kappa shape index (κ2) is 14.4. The molecule has 0 atom stereocenters. The van der Waals surface area contributed by atoms with E-state index in [9.17, 15) is 18.0 Å². The predicted octanol–water partition coefficient (Wildman–Crippen LogP) is 2.71. The molecule has 0 aliphatic heterocycles. The molecular weight excluding hydrogens is 464 g/mol. The molecule has 0 spiro atoms. The van der Waals surface area contributed by atoms with Crippen LogP contribution >= 0.6 is 0 Å². The fourth-order valence-corrected chi connectivity index (χ4v) is 2.89. The predicted molar refractivity (Wildman–Crippen MR) is 124 cm³/mol. The van der Waals surface area contributed by atoms with Crippen molar-refractivity contribution in [3.05, 3.63) is 96.6 Å². The van der Waals surface area contributed by atoms with Crippen LogP contribution in [0.5, 0.6) is 0 Å². The summed E-state index contributed by atoms with van der Waals surface area (Å²) in [7, 11) is -2.76. The first-order valence-corrected chi connectivity index (χ1v) is 11.2. The maximum absolute atomic E-state index is 11.0. The van der Waals surface area contributed by atoms with Gasteiger partial charge in [0.15, 0.2) is 0 Å². The molecule has 0 aliphatic carbocycles. The minimum Gasteiger partial charge on any atom is -0.478 e. The molecule has 34 heavy (non-hydrogen) atoms. The highest BCUT2D eigenvalue weighted by Crippen LogP contribution is 2.06. The van der Waals surface area contributed by atoms with Crippen molar-refractivity contribution < 1.29 is 37.5 Å². The third-order valence-corrected chi connectivity index (χ3v) is 4.84. The Balaban J connectivity index is 0.000000257. The van der Waals surface area contributed by atoms with Gasteiger partial charge in [-0.2, -0.15) is 8.42 Å². The first-order chi connectivity index (χ1) is 16.1. The molecule has 3 rings (SSSR count). The van der Waals surface area contributed by atoms with Gasteiger partial charge in [0.25, 0.3) is 10.1 Å². The van der Waals surface area contributed by atoms with Gasteiger partial charge in [0.2, 0.25) is 0 Å². The van der Waals surface area contributed by atoms with Gasteiger partial charge in [-0.25, -0.2) is 14.6 Å². The second-order valence-corrected chi connectivity index (χ2v) is 7.91. The third kappa shape index (κ3) is 10.2. The van der Waals surface area contributed by atoms with E-state index in [0.717, 1.165) is 12.1 Å². The summed E-state index contributed by atoms with van der Waals surface area (Å²) in [4.78, 5) is 25.5. The van der Waals surface area contributed by atoms with E-state index in [1.165, 1.54) is 43.5 Å². The average molecular weight is 491 g/mol. The van der Waals surface area contributed by atoms with Crippen LogP contribution < -0.4 is 0 Å². The van der Waals surface area contributed by atoms with Gasteiger partial charge < -0.3 is 19.5 Å². The van der Waals surface area contributed by atoms with E-state index in [4.69, 9.17) is 14.8 Å². The zero-order valence-electron chi connectivity index (χ0n) is 18.4. The molecule has 11 heteroatoms. The van der Waals surface area contributed by atoms with Crippen molar-refractivity contribution in [2.24, 2.45) is 0 Å². The van der Waals surface area contributed by atoms with E-state index in [1.807, 2.05) is 16.8 Å². The summed E-state index contributed by atoms with van der Waals surface area (Å²) in [6.45, 7) is 4.38. The molecule has 2 aromatic carbocycles. The van der Waals surface area contributed by atoms with E-state index in [2.05, 4.69) is 16.3 Å². The number of carboxylic acid groups (broad SMARTS) is 1. The Labute approximate surface area is 197 Å². The number of imidazole rings is 1. The number of allylic oxidation sites excluding steroid dienone is 1. The van der Waals surface area contributed by atoms with Gasteiger partial charge in [-0.05, 0) is 30.3 Å². The molecule has 0 radical (unpaired) electrons. The van der Waals surface area contributed by atoms with Crippen molar-refractivity contribution >= 4 is 22.1 Å². The first kappa shape index (κ1) is 28.2. The van der Waals surface area contributed by atoms with Gasteiger partial charge >= 0.3 is 11.9 Å². The third-order valence-electron chi connectivity index (χ3n) is 3.97. The van der Waals surface area contributed by atoms with Crippen molar-refractivity contribution in [2.75, 3.05) is 13.7 Å². The maximum atomic E-state index is 11.0. The van der Waals surface area contributed by atoms with Crippen LogP contribution in [-0.4, -0.2) is 58.4 Å². The van der Waals surface area contributed by atoms with Crippen LogP contribution in [0.25, 0.3) is 0 Å². The highest BCUT2D eigenvalue weighted by Gasteiger charge is 2.08. The first-order valence-electron chi connectivity index (χ1n) is 9.79. The molecule has 1 heterocycles. The van der Waals surface area contributed by atoms with E-state index < -0.39 is 22.1 Å². The van der Waals surface area contributed by atoms with Crippen LogP contribution in [0.15, 0.2) is 84.7 Å². The molecule has 0 aliphatic rings. The fourth-order valence-electron chi connectivity index (χ4n) is 2.39. The number of aliphatic hydroxyl groups excluding tert-OH is 1. The molecule has 3 aromatic rings. The van der Waals surface area contributed by atoms with Crippen molar-refractivity contribution in [3.8, 4) is 0 Å². The lowest BCUT2D eigenvalue weighted by Gasteiger charge is -1.99. The maximum Gasteiger partial charge on any atom is 0.337 e. The minimum atomic E-state index is -4.00. The molecule has 0 bridgehead atoms. The van der Waals surface area contributed by atoms with Crippen LogP contribution in [0.1, 0.15) is 26.4 Å². The second-order valence-electron chi connectivity index (χ2n) is 6.48. The minimum absolute atomic E-state index is 0.0721. The highest BCUT2D eigenvalue weighted by molar-refractivity contribution is 7.85. The number of hydrogen-bond acceptors (Lipinski definition) is 7. The van der Waals surface area contributed by atoms with E-state index in [0.29, 0.717) is 6.54 Å². The number of rotatable bonds is 7. The zero-order chi connectivity index (χ0) is 25.6. The average Bonchev–Trinajstić information content (AvgIpc) is 3.27. The Kier molecular flexibility index (Phi) is 11.9. The highest BCUT2D eigenvalue weighted by atomic mass is 32.2. The van der Waals surface area contributed by atoms with Crippen LogP contribution in [0.4, 0.5) is 0 Å². The van der Waals surface area contributed by atoms with E-state index in [1.54, 1.807) is 24.5 Å². The summed E-state index contributed by atoms with van der Waals surface area (Å²) >= 11 is 0. The summed E-state index contributed by atoms with van der Waals surface area (Å²) in [6.07, 6.45) is 6.23. The van der Waals surface area contributed by atoms with Crippen molar-refractivity contribution in [2.45, 2.75) is 17.9 Å². The van der Waals surface area contributed by atoms with Crippen LogP contribution in [0.3, 0.4) is 0 Å². The number of aromatic carboxylic acids is 1. The van der Waals surface area contributed by atoms with Gasteiger partial charge in [0.1, 0.15) is 0 Å². The van der Waals surface area contributed by atoms with Crippen molar-refractivity contribution in [3.63, 3.8) is 0 Å². The molecule has 0 saturated heterocycles. The van der Waals surface area contributed by atoms with Gasteiger partial charge in [-0.3, -0.25) is 4.55 Å². The summed E-state index contributed by atoms with van der Waals surface area (Å²) in [6, 6.07) is 13.1. The largest absolute Gasteiger partial charge is 0.478 e. The standard InChI is InChI=1S/C9H8O4.C8H12N2O.C6H6O3S/c1-13-9(12)7-4-2-3-6(5-7)8(10)11;1-2-3-8-6-10(4-5-11)7-9-8;7-10(8,9)6-4-2-1-3-5-6/h2-5H,1H3,(H,10,11);2,6-7,11H,1,3-5H2;1-5H,(H,7,8,9). The lowest BCUT2D eigenvalue weighted by Crippen LogP contribution is -2.03. The van der Waals surface area contributed by atoms with Gasteiger partial charge in [-0.15, -0.1) is 6.58 Å². The number of esters is 1. The zero-order valence-corrected chi connectivity index (χ0v) is 19.3. The number of carbonyl (C=O) groups excluding carboxylic acids is 1. The van der Waals surface area contributed by atoms with Gasteiger partial charge in [0, 0.05) is 19.2 Å². The van der Waals surface area contributed by atoms with Crippen molar-refractivity contribution in [1.82, 2.24) is 9.55 Å². The molecule has 0 fully saturated rings. The molecular formula is C23H26N2O8S. The molecule has 0 saturated carbocycles. The van der Waals surface area contributed by atoms with E-state index in [-0.39, 0.29) is 22.6 Å². The molecule has 0 unspecified atom stereocenters. The summed E-state index contributed by atoms with van der Waals surface area (Å²) < 4.78 is 35.5. The summed E-state index contributed by atoms with van der Waals surface area (Å²) in [5, 5.41) is 17.2. The molecule has 1 aromatic heterocycles. The summed E-state index contributed by atoms with van der Waals surface area (Å²) in [5.41, 5.74) is 1.30. The number of benzene rings is 2. The Hall–Kier alpha value is -3.80. The number of carboxylic acids is 1. The van der Waals surface area contributed by atoms with Gasteiger partial charge in [-0.1, -0.05) is 30.3 Å². The number of carbonyl (C=O) groups is 2. The smallest absolute Gasteiger partial charge is 0.337 e. The monoisotopic (exact) mass is 490 g/mol. The lowest BCUT2D eigenvalue weighted by atomic mass is 10.1. The lowest BCUT2D eigenvalue weighted by molar-refractivity contribution is 0.0600. The Morgan fingerprint density at radius 1 is 1.12 bits per heavy atom. The Morgan fingerprint density at radius 3 is 2.26 bits per heavy atom. The Morgan fingerprint density at radius 2 is 1.76 bits per heavy atom. The number of ether oxygens (including phenoxy) is 1. The number of aromatic nitrogens is 2.